The number of hydrogen-bond donors (Lipinski definition) is 0. The molecule has 2 aromatic carbocycles. The Labute approximate surface area is 166 Å². The van der Waals surface area contributed by atoms with Crippen LogP contribution in [0.25, 0.3) is 11.4 Å². The standard InChI is InChI=1S/C20H20BrN3OS/c1-3-12-24-19(17-10-5-6-11-18(17)25-4-2)22-23-20(24)26-14-15-8-7-9-16(21)13-15/h3,5-11,13H,1,4,12,14H2,2H3. The van der Waals surface area contributed by atoms with Crippen molar-refractivity contribution in [1.82, 2.24) is 14.8 Å². The van der Waals surface area contributed by atoms with Gasteiger partial charge in [-0.15, -0.1) is 16.8 Å². The summed E-state index contributed by atoms with van der Waals surface area (Å²) in [7, 11) is 0. The molecule has 0 saturated heterocycles. The molecule has 26 heavy (non-hydrogen) atoms. The van der Waals surface area contributed by atoms with Crippen molar-refractivity contribution in [1.29, 1.82) is 0 Å². The molecule has 0 aliphatic carbocycles. The molecule has 0 spiro atoms. The van der Waals surface area contributed by atoms with Crippen molar-refractivity contribution in [2.24, 2.45) is 0 Å². The molecule has 0 fully saturated rings. The monoisotopic (exact) mass is 429 g/mol. The highest BCUT2D eigenvalue weighted by Gasteiger charge is 2.17. The van der Waals surface area contributed by atoms with Crippen LogP contribution in [0, 0.1) is 0 Å². The second-order valence-electron chi connectivity index (χ2n) is 5.55. The highest BCUT2D eigenvalue weighted by molar-refractivity contribution is 9.10. The Kier molecular flexibility index (Phi) is 6.52. The van der Waals surface area contributed by atoms with Crippen molar-refractivity contribution in [3.8, 4) is 17.1 Å². The summed E-state index contributed by atoms with van der Waals surface area (Å²) in [5.41, 5.74) is 2.17. The summed E-state index contributed by atoms with van der Waals surface area (Å²) >= 11 is 5.18. The lowest BCUT2D eigenvalue weighted by Gasteiger charge is -2.11. The first-order valence-electron chi connectivity index (χ1n) is 8.36. The highest BCUT2D eigenvalue weighted by atomic mass is 79.9. The summed E-state index contributed by atoms with van der Waals surface area (Å²) < 4.78 is 8.91. The van der Waals surface area contributed by atoms with Crippen molar-refractivity contribution < 1.29 is 4.74 Å². The Morgan fingerprint density at radius 2 is 2.04 bits per heavy atom. The SMILES string of the molecule is C=CCn1c(SCc2cccc(Br)c2)nnc1-c1ccccc1OCC. The van der Waals surface area contributed by atoms with E-state index in [0.717, 1.165) is 32.5 Å². The van der Waals surface area contributed by atoms with E-state index in [1.807, 2.05) is 49.4 Å². The summed E-state index contributed by atoms with van der Waals surface area (Å²) in [5, 5.41) is 9.71. The average molecular weight is 430 g/mol. The van der Waals surface area contributed by atoms with Gasteiger partial charge in [-0.3, -0.25) is 4.57 Å². The van der Waals surface area contributed by atoms with Crippen LogP contribution < -0.4 is 4.74 Å². The highest BCUT2D eigenvalue weighted by Crippen LogP contribution is 2.32. The summed E-state index contributed by atoms with van der Waals surface area (Å²) in [5.74, 6) is 2.43. The molecular weight excluding hydrogens is 410 g/mol. The van der Waals surface area contributed by atoms with Gasteiger partial charge in [0.05, 0.1) is 12.2 Å². The minimum absolute atomic E-state index is 0.608. The third-order valence-corrected chi connectivity index (χ3v) is 5.24. The Bertz CT molecular complexity index is 894. The first-order valence-corrected chi connectivity index (χ1v) is 10.1. The number of para-hydroxylation sites is 1. The second kappa shape index (κ2) is 9.05. The Morgan fingerprint density at radius 1 is 1.19 bits per heavy atom. The van der Waals surface area contributed by atoms with Gasteiger partial charge in [-0.2, -0.15) is 0 Å². The molecule has 0 bridgehead atoms. The smallest absolute Gasteiger partial charge is 0.192 e. The number of nitrogens with zero attached hydrogens (tertiary/aromatic N) is 3. The fraction of sp³-hybridized carbons (Fsp3) is 0.200. The van der Waals surface area contributed by atoms with E-state index in [1.165, 1.54) is 5.56 Å². The van der Waals surface area contributed by atoms with E-state index in [1.54, 1.807) is 11.8 Å². The number of thioether (sulfide) groups is 1. The lowest BCUT2D eigenvalue weighted by Crippen LogP contribution is -2.02. The van der Waals surface area contributed by atoms with E-state index in [-0.39, 0.29) is 0 Å². The minimum atomic E-state index is 0.608. The van der Waals surface area contributed by atoms with E-state index in [4.69, 9.17) is 4.74 Å². The van der Waals surface area contributed by atoms with E-state index < -0.39 is 0 Å². The number of halogens is 1. The molecule has 4 nitrogen and oxygen atoms in total. The van der Waals surface area contributed by atoms with Gasteiger partial charge in [-0.05, 0) is 36.8 Å². The topological polar surface area (TPSA) is 39.9 Å². The third-order valence-electron chi connectivity index (χ3n) is 3.71. The van der Waals surface area contributed by atoms with Crippen LogP contribution in [-0.4, -0.2) is 21.4 Å². The fourth-order valence-corrected chi connectivity index (χ4v) is 3.93. The largest absolute Gasteiger partial charge is 0.493 e. The van der Waals surface area contributed by atoms with Gasteiger partial charge in [0.15, 0.2) is 11.0 Å². The molecule has 0 aliphatic heterocycles. The van der Waals surface area contributed by atoms with Crippen LogP contribution >= 0.6 is 27.7 Å². The van der Waals surface area contributed by atoms with Gasteiger partial charge in [-0.1, -0.05) is 58.0 Å². The molecule has 0 atom stereocenters. The molecule has 0 N–H and O–H groups in total. The minimum Gasteiger partial charge on any atom is -0.493 e. The first kappa shape index (κ1) is 18.7. The summed E-state index contributed by atoms with van der Waals surface area (Å²) in [6.45, 7) is 7.10. The maximum absolute atomic E-state index is 5.76. The van der Waals surface area contributed by atoms with Crippen LogP contribution in [0.2, 0.25) is 0 Å². The van der Waals surface area contributed by atoms with Crippen LogP contribution in [0.15, 0.2) is 70.8 Å². The lowest BCUT2D eigenvalue weighted by molar-refractivity contribution is 0.341. The van der Waals surface area contributed by atoms with Gasteiger partial charge >= 0.3 is 0 Å². The van der Waals surface area contributed by atoms with Gasteiger partial charge < -0.3 is 4.74 Å². The number of benzene rings is 2. The molecule has 0 unspecified atom stereocenters. The normalized spacial score (nSPS) is 10.7. The number of ether oxygens (including phenoxy) is 1. The molecule has 3 aromatic rings. The predicted octanol–water partition coefficient (Wildman–Crippen LogP) is 5.58. The molecule has 1 aromatic heterocycles. The second-order valence-corrected chi connectivity index (χ2v) is 7.41. The first-order chi connectivity index (χ1) is 12.7. The summed E-state index contributed by atoms with van der Waals surface area (Å²) in [4.78, 5) is 0. The zero-order chi connectivity index (χ0) is 18.4. The van der Waals surface area contributed by atoms with Crippen molar-refractivity contribution in [2.45, 2.75) is 24.4 Å². The van der Waals surface area contributed by atoms with Crippen molar-refractivity contribution in [3.05, 3.63) is 71.2 Å². The van der Waals surface area contributed by atoms with Crippen molar-refractivity contribution in [2.75, 3.05) is 6.61 Å². The van der Waals surface area contributed by atoms with Gasteiger partial charge in [0.1, 0.15) is 5.75 Å². The van der Waals surface area contributed by atoms with Gasteiger partial charge in [0.2, 0.25) is 0 Å². The molecule has 0 amide bonds. The van der Waals surface area contributed by atoms with Crippen molar-refractivity contribution >= 4 is 27.7 Å². The fourth-order valence-electron chi connectivity index (χ4n) is 2.60. The van der Waals surface area contributed by atoms with Crippen LogP contribution in [-0.2, 0) is 12.3 Å². The van der Waals surface area contributed by atoms with E-state index in [2.05, 4.69) is 49.4 Å². The van der Waals surface area contributed by atoms with Crippen molar-refractivity contribution in [3.63, 3.8) is 0 Å². The zero-order valence-electron chi connectivity index (χ0n) is 14.6. The summed E-state index contributed by atoms with van der Waals surface area (Å²) in [6.07, 6.45) is 1.86. The molecule has 3 rings (SSSR count). The van der Waals surface area contributed by atoms with Crippen LogP contribution in [0.1, 0.15) is 12.5 Å². The quantitative estimate of drug-likeness (QED) is 0.345. The summed E-state index contributed by atoms with van der Waals surface area (Å²) in [6, 6.07) is 16.2. The molecule has 0 aliphatic rings. The maximum Gasteiger partial charge on any atom is 0.192 e. The molecular formula is C20H20BrN3OS. The number of hydrogen-bond acceptors (Lipinski definition) is 4. The number of rotatable bonds is 8. The van der Waals surface area contributed by atoms with E-state index >= 15 is 0 Å². The van der Waals surface area contributed by atoms with Gasteiger partial charge in [0.25, 0.3) is 0 Å². The Balaban J connectivity index is 1.90. The molecule has 0 saturated carbocycles. The number of aromatic nitrogens is 3. The maximum atomic E-state index is 5.76. The van der Waals surface area contributed by atoms with E-state index in [0.29, 0.717) is 13.2 Å². The van der Waals surface area contributed by atoms with Gasteiger partial charge in [0, 0.05) is 16.8 Å². The Morgan fingerprint density at radius 3 is 2.81 bits per heavy atom. The molecule has 6 heteroatoms. The average Bonchev–Trinajstić information content (AvgIpc) is 3.04. The van der Waals surface area contributed by atoms with E-state index in [9.17, 15) is 0 Å². The van der Waals surface area contributed by atoms with Gasteiger partial charge in [-0.25, -0.2) is 0 Å². The molecule has 1 heterocycles. The molecule has 0 radical (unpaired) electrons. The third kappa shape index (κ3) is 4.37. The zero-order valence-corrected chi connectivity index (χ0v) is 17.0. The number of allylic oxidation sites excluding steroid dienone is 1. The van der Waals surface area contributed by atoms with Crippen LogP contribution in [0.4, 0.5) is 0 Å². The lowest BCUT2D eigenvalue weighted by atomic mass is 10.2. The Hall–Kier alpha value is -2.05. The molecule has 134 valence electrons. The predicted molar refractivity (Wildman–Crippen MR) is 111 cm³/mol. The van der Waals surface area contributed by atoms with Crippen LogP contribution in [0.3, 0.4) is 0 Å². The van der Waals surface area contributed by atoms with Crippen LogP contribution in [0.5, 0.6) is 5.75 Å².